The van der Waals surface area contributed by atoms with Crippen molar-refractivity contribution in [1.82, 2.24) is 10.3 Å². The number of nitrogens with one attached hydrogen (secondary N) is 1. The van der Waals surface area contributed by atoms with Crippen LogP contribution in [0, 0.1) is 0 Å². The molecule has 0 aliphatic heterocycles. The molecule has 1 heterocycles. The Bertz CT molecular complexity index is 711. The maximum Gasteiger partial charge on any atom is 0.330 e. The molecule has 4 nitrogen and oxygen atoms in total. The van der Waals surface area contributed by atoms with Gasteiger partial charge in [-0.2, -0.15) is 0 Å². The summed E-state index contributed by atoms with van der Waals surface area (Å²) >= 11 is 0. The average Bonchev–Trinajstić information content (AvgIpc) is 3.01. The van der Waals surface area contributed by atoms with Crippen LogP contribution in [-0.4, -0.2) is 18.1 Å². The molecule has 0 bridgehead atoms. The van der Waals surface area contributed by atoms with E-state index in [4.69, 9.17) is 0 Å². The highest BCUT2D eigenvalue weighted by Gasteiger charge is 2.21. The summed E-state index contributed by atoms with van der Waals surface area (Å²) in [5, 5.41) is 3.58. The zero-order valence-corrected chi connectivity index (χ0v) is 13.2. The van der Waals surface area contributed by atoms with Crippen molar-refractivity contribution in [3.63, 3.8) is 0 Å². The second kappa shape index (κ2) is 7.20. The van der Waals surface area contributed by atoms with Crippen molar-refractivity contribution in [3.8, 4) is 0 Å². The van der Waals surface area contributed by atoms with E-state index in [0.29, 0.717) is 6.04 Å². The zero-order chi connectivity index (χ0) is 16.1. The molecule has 0 spiro atoms. The lowest BCUT2D eigenvalue weighted by molar-refractivity contribution is -0.134. The number of methoxy groups -OCH3 is 1. The summed E-state index contributed by atoms with van der Waals surface area (Å²) in [6, 6.07) is 12.7. The number of fused-ring (bicyclic) bond motifs is 1. The summed E-state index contributed by atoms with van der Waals surface area (Å²) in [5.74, 6) is -0.333. The molecule has 1 aromatic carbocycles. The lowest BCUT2D eigenvalue weighted by atomic mass is 10.0. The molecule has 0 amide bonds. The number of benzene rings is 1. The normalized spacial score (nSPS) is 16.5. The predicted molar refractivity (Wildman–Crippen MR) is 89.6 cm³/mol. The molecule has 1 atom stereocenters. The van der Waals surface area contributed by atoms with Crippen LogP contribution >= 0.6 is 0 Å². The number of aryl methyl sites for hydroxylation is 1. The van der Waals surface area contributed by atoms with E-state index in [1.807, 2.05) is 30.5 Å². The van der Waals surface area contributed by atoms with Crippen LogP contribution in [0.15, 0.2) is 48.7 Å². The van der Waals surface area contributed by atoms with Gasteiger partial charge in [0.1, 0.15) is 0 Å². The van der Waals surface area contributed by atoms with Gasteiger partial charge in [0, 0.05) is 24.9 Å². The number of carbonyl (C=O) groups is 1. The van der Waals surface area contributed by atoms with E-state index < -0.39 is 0 Å². The van der Waals surface area contributed by atoms with Crippen LogP contribution in [0.2, 0.25) is 0 Å². The van der Waals surface area contributed by atoms with E-state index in [2.05, 4.69) is 27.2 Å². The summed E-state index contributed by atoms with van der Waals surface area (Å²) < 4.78 is 4.61. The fraction of sp³-hybridized carbons (Fsp3) is 0.263. The number of hydrogen-bond donors (Lipinski definition) is 1. The SMILES string of the molecule is COC(=O)C=Cc1ccc2c(c1)CCC2NCc1ccccn1. The van der Waals surface area contributed by atoms with Crippen molar-refractivity contribution >= 4 is 12.0 Å². The van der Waals surface area contributed by atoms with Gasteiger partial charge in [0.15, 0.2) is 0 Å². The van der Waals surface area contributed by atoms with Crippen molar-refractivity contribution in [3.05, 3.63) is 71.1 Å². The zero-order valence-electron chi connectivity index (χ0n) is 13.2. The van der Waals surface area contributed by atoms with Crippen molar-refractivity contribution < 1.29 is 9.53 Å². The molecule has 118 valence electrons. The van der Waals surface area contributed by atoms with Crippen LogP contribution in [0.4, 0.5) is 0 Å². The first-order chi connectivity index (χ1) is 11.3. The molecule has 0 saturated carbocycles. The molecule has 2 aromatic rings. The summed E-state index contributed by atoms with van der Waals surface area (Å²) in [7, 11) is 1.38. The van der Waals surface area contributed by atoms with Crippen LogP contribution in [0.1, 0.15) is 34.8 Å². The highest BCUT2D eigenvalue weighted by Crippen LogP contribution is 2.32. The molecular weight excluding hydrogens is 288 g/mol. The van der Waals surface area contributed by atoms with Gasteiger partial charge in [-0.25, -0.2) is 4.79 Å². The molecule has 0 radical (unpaired) electrons. The molecule has 23 heavy (non-hydrogen) atoms. The Morgan fingerprint density at radius 2 is 2.30 bits per heavy atom. The van der Waals surface area contributed by atoms with Crippen molar-refractivity contribution in [2.24, 2.45) is 0 Å². The van der Waals surface area contributed by atoms with E-state index in [0.717, 1.165) is 30.6 Å². The van der Waals surface area contributed by atoms with Crippen molar-refractivity contribution in [2.75, 3.05) is 7.11 Å². The highest BCUT2D eigenvalue weighted by molar-refractivity contribution is 5.86. The number of rotatable bonds is 5. The summed E-state index contributed by atoms with van der Waals surface area (Å²) in [6.07, 6.45) is 7.20. The summed E-state index contributed by atoms with van der Waals surface area (Å²) in [5.41, 5.74) is 4.77. The van der Waals surface area contributed by atoms with Crippen LogP contribution in [-0.2, 0) is 22.5 Å². The van der Waals surface area contributed by atoms with E-state index in [9.17, 15) is 4.79 Å². The van der Waals surface area contributed by atoms with Crippen LogP contribution < -0.4 is 5.32 Å². The molecule has 4 heteroatoms. The van der Waals surface area contributed by atoms with Gasteiger partial charge >= 0.3 is 5.97 Å². The Balaban J connectivity index is 1.66. The Hall–Kier alpha value is -2.46. The Kier molecular flexibility index (Phi) is 4.83. The van der Waals surface area contributed by atoms with Gasteiger partial charge < -0.3 is 10.1 Å². The predicted octanol–water partition coefficient (Wildman–Crippen LogP) is 3.04. The smallest absolute Gasteiger partial charge is 0.330 e. The number of esters is 1. The largest absolute Gasteiger partial charge is 0.466 e. The number of carbonyl (C=O) groups excluding carboxylic acids is 1. The van der Waals surface area contributed by atoms with Crippen LogP contribution in [0.3, 0.4) is 0 Å². The first-order valence-corrected chi connectivity index (χ1v) is 7.78. The molecule has 1 aliphatic rings. The van der Waals surface area contributed by atoms with Crippen LogP contribution in [0.5, 0.6) is 0 Å². The molecule has 1 aliphatic carbocycles. The quantitative estimate of drug-likeness (QED) is 0.681. The fourth-order valence-electron chi connectivity index (χ4n) is 2.92. The minimum atomic E-state index is -0.333. The van der Waals surface area contributed by atoms with Gasteiger partial charge in [0.2, 0.25) is 0 Å². The Morgan fingerprint density at radius 3 is 3.09 bits per heavy atom. The number of pyridine rings is 1. The molecule has 1 aromatic heterocycles. The number of aromatic nitrogens is 1. The average molecular weight is 308 g/mol. The molecule has 0 fully saturated rings. The Labute approximate surface area is 136 Å². The van der Waals surface area contributed by atoms with Crippen molar-refractivity contribution in [2.45, 2.75) is 25.4 Å². The van der Waals surface area contributed by atoms with E-state index in [1.165, 1.54) is 24.3 Å². The minimum Gasteiger partial charge on any atom is -0.466 e. The molecule has 1 unspecified atom stereocenters. The number of nitrogens with zero attached hydrogens (tertiary/aromatic N) is 1. The topological polar surface area (TPSA) is 51.2 Å². The number of ether oxygens (including phenoxy) is 1. The monoisotopic (exact) mass is 308 g/mol. The fourth-order valence-corrected chi connectivity index (χ4v) is 2.92. The molecular formula is C19H20N2O2. The maximum absolute atomic E-state index is 11.2. The third-order valence-corrected chi connectivity index (χ3v) is 4.11. The van der Waals surface area contributed by atoms with Gasteiger partial charge in [0.05, 0.1) is 12.8 Å². The van der Waals surface area contributed by atoms with Crippen LogP contribution in [0.25, 0.3) is 6.08 Å². The Morgan fingerprint density at radius 1 is 1.39 bits per heavy atom. The second-order valence-electron chi connectivity index (χ2n) is 5.61. The molecule has 3 rings (SSSR count). The minimum absolute atomic E-state index is 0.333. The third kappa shape index (κ3) is 3.85. The van der Waals surface area contributed by atoms with Gasteiger partial charge in [-0.15, -0.1) is 0 Å². The van der Waals surface area contributed by atoms with E-state index in [1.54, 1.807) is 6.08 Å². The van der Waals surface area contributed by atoms with Gasteiger partial charge in [-0.05, 0) is 47.7 Å². The summed E-state index contributed by atoms with van der Waals surface area (Å²) in [6.45, 7) is 0.773. The lowest BCUT2D eigenvalue weighted by Crippen LogP contribution is -2.19. The molecule has 0 saturated heterocycles. The summed E-state index contributed by atoms with van der Waals surface area (Å²) in [4.78, 5) is 15.5. The van der Waals surface area contributed by atoms with Crippen molar-refractivity contribution in [1.29, 1.82) is 0 Å². The molecule has 1 N–H and O–H groups in total. The second-order valence-corrected chi connectivity index (χ2v) is 5.61. The first kappa shape index (κ1) is 15.4. The first-order valence-electron chi connectivity index (χ1n) is 7.78. The highest BCUT2D eigenvalue weighted by atomic mass is 16.5. The third-order valence-electron chi connectivity index (χ3n) is 4.11. The number of hydrogen-bond acceptors (Lipinski definition) is 4. The van der Waals surface area contributed by atoms with Gasteiger partial charge in [-0.1, -0.05) is 24.3 Å². The standard InChI is InChI=1S/C19H20N2O2/c1-23-19(22)10-6-14-5-8-17-15(12-14)7-9-18(17)21-13-16-4-2-3-11-20-16/h2-6,8,10-12,18,21H,7,9,13H2,1H3. The van der Waals surface area contributed by atoms with Gasteiger partial charge in [-0.3, -0.25) is 4.98 Å². The van der Waals surface area contributed by atoms with Gasteiger partial charge in [0.25, 0.3) is 0 Å². The lowest BCUT2D eigenvalue weighted by Gasteiger charge is -2.14. The maximum atomic E-state index is 11.2. The van der Waals surface area contributed by atoms with E-state index in [-0.39, 0.29) is 5.97 Å². The van der Waals surface area contributed by atoms with E-state index >= 15 is 0 Å².